The van der Waals surface area contributed by atoms with Gasteiger partial charge in [0.2, 0.25) is 5.12 Å². The van der Waals surface area contributed by atoms with Crippen LogP contribution in [-0.4, -0.2) is 55.9 Å². The fraction of sp³-hybridized carbons (Fsp3) is 0.412. The van der Waals surface area contributed by atoms with Crippen LogP contribution in [0, 0.1) is 0 Å². The van der Waals surface area contributed by atoms with Gasteiger partial charge in [0.1, 0.15) is 5.54 Å². The quantitative estimate of drug-likeness (QED) is 0.779. The maximum absolute atomic E-state index is 12.6. The first kappa shape index (κ1) is 19.0. The number of carbonyl (C=O) groups is 4. The molecule has 0 aliphatic carbocycles. The molecule has 1 aromatic carbocycles. The van der Waals surface area contributed by atoms with Crippen molar-refractivity contribution >= 4 is 34.8 Å². The summed E-state index contributed by atoms with van der Waals surface area (Å²) in [4.78, 5) is 50.8. The van der Waals surface area contributed by atoms with E-state index in [0.29, 0.717) is 5.56 Å². The third kappa shape index (κ3) is 3.84. The van der Waals surface area contributed by atoms with Crippen molar-refractivity contribution in [1.29, 1.82) is 0 Å². The lowest BCUT2D eigenvalue weighted by atomic mass is 10.1. The predicted octanol–water partition coefficient (Wildman–Crippen LogP) is 2.42. The number of likely N-dealkylation sites (N-methyl/N-ethyl adjacent to an activating group) is 1. The molecule has 3 amide bonds. The SMILES string of the molecule is CN1C(=O)N([C@H](CCC(=O)O)SC(=O)c2ccccc2)C(=O)C1(C)C. The number of urea groups is 1. The summed E-state index contributed by atoms with van der Waals surface area (Å²) in [5, 5.41) is 7.77. The zero-order chi connectivity index (χ0) is 18.8. The highest BCUT2D eigenvalue weighted by molar-refractivity contribution is 8.14. The Morgan fingerprint density at radius 3 is 2.28 bits per heavy atom. The average molecular weight is 364 g/mol. The Bertz CT molecular complexity index is 704. The number of thioether (sulfide) groups is 1. The maximum Gasteiger partial charge on any atom is 0.328 e. The summed E-state index contributed by atoms with van der Waals surface area (Å²) >= 11 is 0.803. The molecule has 0 aromatic heterocycles. The number of hydrogen-bond acceptors (Lipinski definition) is 5. The predicted molar refractivity (Wildman–Crippen MR) is 93.1 cm³/mol. The Balaban J connectivity index is 2.27. The zero-order valence-corrected chi connectivity index (χ0v) is 15.1. The van der Waals surface area contributed by atoms with Gasteiger partial charge in [-0.25, -0.2) is 9.69 Å². The summed E-state index contributed by atoms with van der Waals surface area (Å²) in [6, 6.07) is 7.93. The van der Waals surface area contributed by atoms with E-state index < -0.39 is 28.8 Å². The largest absolute Gasteiger partial charge is 0.481 e. The number of carbonyl (C=O) groups excluding carboxylic acids is 3. The van der Waals surface area contributed by atoms with Gasteiger partial charge < -0.3 is 10.0 Å². The molecule has 1 aliphatic heterocycles. The fourth-order valence-corrected chi connectivity index (χ4v) is 3.48. The van der Waals surface area contributed by atoms with Gasteiger partial charge >= 0.3 is 12.0 Å². The molecule has 0 saturated carbocycles. The number of amides is 3. The van der Waals surface area contributed by atoms with Crippen molar-refractivity contribution in [2.75, 3.05) is 7.05 Å². The Labute approximate surface area is 150 Å². The number of carboxylic acids is 1. The molecule has 8 heteroatoms. The van der Waals surface area contributed by atoms with Crippen LogP contribution in [0.1, 0.15) is 37.0 Å². The monoisotopic (exact) mass is 364 g/mol. The number of imide groups is 1. The third-order valence-corrected chi connectivity index (χ3v) is 5.39. The van der Waals surface area contributed by atoms with Crippen LogP contribution in [0.25, 0.3) is 0 Å². The molecule has 7 nitrogen and oxygen atoms in total. The van der Waals surface area contributed by atoms with E-state index in [-0.39, 0.29) is 18.0 Å². The van der Waals surface area contributed by atoms with E-state index in [9.17, 15) is 19.2 Å². The van der Waals surface area contributed by atoms with Gasteiger partial charge in [0.15, 0.2) is 0 Å². The molecule has 0 spiro atoms. The van der Waals surface area contributed by atoms with Gasteiger partial charge in [-0.2, -0.15) is 0 Å². The second-order valence-electron chi connectivity index (χ2n) is 6.23. The number of hydrogen-bond donors (Lipinski definition) is 1. The molecule has 1 atom stereocenters. The van der Waals surface area contributed by atoms with E-state index in [1.54, 1.807) is 44.2 Å². The fourth-order valence-electron chi connectivity index (χ4n) is 2.43. The van der Waals surface area contributed by atoms with E-state index in [1.165, 1.54) is 11.9 Å². The molecular formula is C17H20N2O5S. The summed E-state index contributed by atoms with van der Waals surface area (Å²) in [6.07, 6.45) is -0.249. The van der Waals surface area contributed by atoms with Gasteiger partial charge in [-0.1, -0.05) is 42.1 Å². The van der Waals surface area contributed by atoms with Gasteiger partial charge in [-0.15, -0.1) is 0 Å². The molecule has 1 saturated heterocycles. The van der Waals surface area contributed by atoms with Crippen LogP contribution in [0.5, 0.6) is 0 Å². The van der Waals surface area contributed by atoms with Crippen molar-refractivity contribution < 1.29 is 24.3 Å². The highest BCUT2D eigenvalue weighted by Gasteiger charge is 2.52. The van der Waals surface area contributed by atoms with Gasteiger partial charge in [-0.05, 0) is 20.3 Å². The van der Waals surface area contributed by atoms with Crippen molar-refractivity contribution in [3.05, 3.63) is 35.9 Å². The smallest absolute Gasteiger partial charge is 0.328 e. The Hall–Kier alpha value is -2.35. The Morgan fingerprint density at radius 2 is 1.80 bits per heavy atom. The minimum atomic E-state index is -1.05. The van der Waals surface area contributed by atoms with Crippen molar-refractivity contribution in [3.8, 4) is 0 Å². The van der Waals surface area contributed by atoms with E-state index in [0.717, 1.165) is 16.7 Å². The molecule has 1 fully saturated rings. The topological polar surface area (TPSA) is 95.0 Å². The van der Waals surface area contributed by atoms with Gasteiger partial charge in [0.05, 0.1) is 5.37 Å². The second-order valence-corrected chi connectivity index (χ2v) is 7.38. The van der Waals surface area contributed by atoms with E-state index in [2.05, 4.69) is 0 Å². The van der Waals surface area contributed by atoms with Crippen molar-refractivity contribution in [2.24, 2.45) is 0 Å². The number of rotatable bonds is 6. The third-order valence-electron chi connectivity index (χ3n) is 4.22. The van der Waals surface area contributed by atoms with Crippen LogP contribution in [0.15, 0.2) is 30.3 Å². The molecular weight excluding hydrogens is 344 g/mol. The molecule has 1 N–H and O–H groups in total. The van der Waals surface area contributed by atoms with Crippen LogP contribution in [0.4, 0.5) is 4.79 Å². The summed E-state index contributed by atoms with van der Waals surface area (Å²) < 4.78 is 0. The van der Waals surface area contributed by atoms with Crippen LogP contribution < -0.4 is 0 Å². The first-order valence-electron chi connectivity index (χ1n) is 7.75. The lowest BCUT2D eigenvalue weighted by Gasteiger charge is -2.24. The maximum atomic E-state index is 12.6. The van der Waals surface area contributed by atoms with Crippen molar-refractivity contribution in [1.82, 2.24) is 9.80 Å². The summed E-state index contributed by atoms with van der Waals surface area (Å²) in [5.41, 5.74) is -0.603. The van der Waals surface area contributed by atoms with E-state index in [1.807, 2.05) is 0 Å². The zero-order valence-electron chi connectivity index (χ0n) is 14.3. The molecule has 0 radical (unpaired) electrons. The number of nitrogens with zero attached hydrogens (tertiary/aromatic N) is 2. The summed E-state index contributed by atoms with van der Waals surface area (Å²) in [5.74, 6) is -1.49. The normalized spacial score (nSPS) is 17.7. The minimum absolute atomic E-state index is 0.0000262. The molecule has 134 valence electrons. The standard InChI is InChI=1S/C17H20N2O5S/c1-17(2)15(23)19(16(24)18(17)3)12(9-10-13(20)21)25-14(22)11-7-5-4-6-8-11/h4-8,12H,9-10H2,1-3H3,(H,20,21)/t12-/m0/s1. The molecule has 0 bridgehead atoms. The highest BCUT2D eigenvalue weighted by Crippen LogP contribution is 2.34. The summed E-state index contributed by atoms with van der Waals surface area (Å²) in [6.45, 7) is 3.23. The Morgan fingerprint density at radius 1 is 1.20 bits per heavy atom. The van der Waals surface area contributed by atoms with E-state index >= 15 is 0 Å². The Kier molecular flexibility index (Phi) is 5.52. The van der Waals surface area contributed by atoms with Crippen molar-refractivity contribution in [3.63, 3.8) is 0 Å². The minimum Gasteiger partial charge on any atom is -0.481 e. The first-order chi connectivity index (χ1) is 11.7. The van der Waals surface area contributed by atoms with Gasteiger partial charge in [-0.3, -0.25) is 14.4 Å². The molecule has 1 aliphatic rings. The van der Waals surface area contributed by atoms with E-state index in [4.69, 9.17) is 5.11 Å². The number of carboxylic acid groups (broad SMARTS) is 1. The molecule has 0 unspecified atom stereocenters. The van der Waals surface area contributed by atoms with Gasteiger partial charge in [0.25, 0.3) is 5.91 Å². The lowest BCUT2D eigenvalue weighted by Crippen LogP contribution is -2.43. The van der Waals surface area contributed by atoms with Gasteiger partial charge in [0, 0.05) is 19.0 Å². The summed E-state index contributed by atoms with van der Waals surface area (Å²) in [7, 11) is 1.51. The van der Waals surface area contributed by atoms with Crippen LogP contribution in [-0.2, 0) is 9.59 Å². The molecule has 1 aromatic rings. The van der Waals surface area contributed by atoms with Crippen molar-refractivity contribution in [2.45, 2.75) is 37.6 Å². The highest BCUT2D eigenvalue weighted by atomic mass is 32.2. The second kappa shape index (κ2) is 7.26. The lowest BCUT2D eigenvalue weighted by molar-refractivity contribution is -0.138. The van der Waals surface area contributed by atoms with Crippen LogP contribution in [0.3, 0.4) is 0 Å². The average Bonchev–Trinajstić information content (AvgIpc) is 2.72. The number of benzene rings is 1. The molecule has 2 rings (SSSR count). The van der Waals surface area contributed by atoms with Crippen LogP contribution >= 0.6 is 11.8 Å². The number of aliphatic carboxylic acids is 1. The molecule has 25 heavy (non-hydrogen) atoms. The molecule has 1 heterocycles. The first-order valence-corrected chi connectivity index (χ1v) is 8.63. The van der Waals surface area contributed by atoms with Crippen LogP contribution in [0.2, 0.25) is 0 Å².